The molecule has 0 amide bonds. The lowest BCUT2D eigenvalue weighted by Crippen LogP contribution is -2.23. The van der Waals surface area contributed by atoms with Crippen molar-refractivity contribution < 1.29 is 19.1 Å². The average Bonchev–Trinajstić information content (AvgIpc) is 3.25. The summed E-state index contributed by atoms with van der Waals surface area (Å²) >= 11 is 0. The Morgan fingerprint density at radius 2 is 1.48 bits per heavy atom. The molecule has 158 valence electrons. The number of carbonyl (C=O) groups is 2. The molecule has 0 spiro atoms. The lowest BCUT2D eigenvalue weighted by atomic mass is 9.98. The summed E-state index contributed by atoms with van der Waals surface area (Å²) in [5, 5.41) is 0. The number of hydrogen-bond acceptors (Lipinski definition) is 4. The Morgan fingerprint density at radius 3 is 2.19 bits per heavy atom. The van der Waals surface area contributed by atoms with Crippen LogP contribution in [0.3, 0.4) is 0 Å². The number of ether oxygens (including phenoxy) is 2. The smallest absolute Gasteiger partial charge is 0.345 e. The molecule has 4 rings (SSSR count). The normalized spacial score (nSPS) is 13.4. The van der Waals surface area contributed by atoms with E-state index in [-0.39, 0.29) is 12.4 Å². The van der Waals surface area contributed by atoms with Crippen molar-refractivity contribution in [2.24, 2.45) is 0 Å². The highest BCUT2D eigenvalue weighted by Crippen LogP contribution is 2.27. The van der Waals surface area contributed by atoms with Crippen molar-refractivity contribution in [1.29, 1.82) is 0 Å². The molecule has 0 aromatic heterocycles. The molecule has 0 radical (unpaired) electrons. The van der Waals surface area contributed by atoms with Crippen LogP contribution in [0.15, 0.2) is 66.7 Å². The molecule has 4 nitrogen and oxygen atoms in total. The summed E-state index contributed by atoms with van der Waals surface area (Å²) in [5.74, 6) is -0.185. The zero-order valence-electron chi connectivity index (χ0n) is 17.9. The van der Waals surface area contributed by atoms with Gasteiger partial charge < -0.3 is 9.47 Å². The highest BCUT2D eigenvalue weighted by Gasteiger charge is 2.26. The number of rotatable bonds is 7. The second-order valence-corrected chi connectivity index (χ2v) is 8.08. The molecule has 0 saturated heterocycles. The predicted molar refractivity (Wildman–Crippen MR) is 119 cm³/mol. The van der Waals surface area contributed by atoms with E-state index < -0.39 is 12.1 Å². The van der Waals surface area contributed by atoms with E-state index in [0.717, 1.165) is 30.4 Å². The van der Waals surface area contributed by atoms with Crippen molar-refractivity contribution in [2.45, 2.75) is 39.2 Å². The number of hydrogen-bond donors (Lipinski definition) is 0. The zero-order valence-corrected chi connectivity index (χ0v) is 17.9. The van der Waals surface area contributed by atoms with Crippen LogP contribution in [0.4, 0.5) is 0 Å². The quantitative estimate of drug-likeness (QED) is 0.387. The third-order valence-electron chi connectivity index (χ3n) is 5.63. The van der Waals surface area contributed by atoms with Crippen molar-refractivity contribution in [2.75, 3.05) is 6.61 Å². The highest BCUT2D eigenvalue weighted by atomic mass is 16.6. The molecule has 0 heterocycles. The minimum Gasteiger partial charge on any atom is -0.482 e. The lowest BCUT2D eigenvalue weighted by Gasteiger charge is -2.18. The van der Waals surface area contributed by atoms with Crippen molar-refractivity contribution in [3.8, 4) is 5.75 Å². The van der Waals surface area contributed by atoms with Gasteiger partial charge in [-0.05, 0) is 56.4 Å². The first-order valence-electron chi connectivity index (χ1n) is 10.6. The molecule has 1 aliphatic carbocycles. The summed E-state index contributed by atoms with van der Waals surface area (Å²) in [6, 6.07) is 20.6. The maximum Gasteiger partial charge on any atom is 0.345 e. The predicted octanol–water partition coefficient (Wildman–Crippen LogP) is 5.34. The summed E-state index contributed by atoms with van der Waals surface area (Å²) in [6.45, 7) is 3.68. The summed E-state index contributed by atoms with van der Waals surface area (Å²) in [7, 11) is 0. The number of benzene rings is 3. The fourth-order valence-corrected chi connectivity index (χ4v) is 3.83. The van der Waals surface area contributed by atoms with Gasteiger partial charge in [-0.3, -0.25) is 4.79 Å². The highest BCUT2D eigenvalue weighted by molar-refractivity contribution is 6.01. The van der Waals surface area contributed by atoms with Gasteiger partial charge in [-0.2, -0.15) is 0 Å². The first kappa shape index (κ1) is 20.9. The van der Waals surface area contributed by atoms with Crippen LogP contribution < -0.4 is 4.74 Å². The van der Waals surface area contributed by atoms with Gasteiger partial charge in [-0.1, -0.05) is 65.7 Å². The van der Waals surface area contributed by atoms with Gasteiger partial charge >= 0.3 is 5.97 Å². The first-order chi connectivity index (χ1) is 15.0. The van der Waals surface area contributed by atoms with Crippen LogP contribution in [-0.4, -0.2) is 18.4 Å². The van der Waals surface area contributed by atoms with Gasteiger partial charge in [-0.15, -0.1) is 0 Å². The molecule has 3 aromatic rings. The van der Waals surface area contributed by atoms with E-state index in [9.17, 15) is 9.59 Å². The molecular weight excluding hydrogens is 388 g/mol. The van der Waals surface area contributed by atoms with Crippen LogP contribution in [0, 0.1) is 13.8 Å². The van der Waals surface area contributed by atoms with E-state index in [4.69, 9.17) is 9.47 Å². The van der Waals surface area contributed by atoms with Gasteiger partial charge in [0.15, 0.2) is 12.7 Å². The summed E-state index contributed by atoms with van der Waals surface area (Å²) in [6.07, 6.45) is 2.27. The SMILES string of the molecule is Cc1ccc(C(=O)[C@H](OC(=O)COc2ccc3c(c2)CCC3)c2ccc(C)cc2)cc1. The molecule has 3 aromatic carbocycles. The zero-order chi connectivity index (χ0) is 21.8. The average molecular weight is 415 g/mol. The van der Waals surface area contributed by atoms with E-state index >= 15 is 0 Å². The van der Waals surface area contributed by atoms with Gasteiger partial charge in [0.25, 0.3) is 0 Å². The molecule has 0 N–H and O–H groups in total. The number of carbonyl (C=O) groups excluding carboxylic acids is 2. The van der Waals surface area contributed by atoms with Crippen LogP contribution in [0.1, 0.15) is 50.7 Å². The molecule has 4 heteroatoms. The van der Waals surface area contributed by atoms with Crippen LogP contribution in [0.25, 0.3) is 0 Å². The Hall–Kier alpha value is -3.40. The van der Waals surface area contributed by atoms with E-state index in [1.165, 1.54) is 11.1 Å². The molecule has 1 aliphatic rings. The molecule has 1 atom stereocenters. The molecule has 0 unspecified atom stereocenters. The number of fused-ring (bicyclic) bond motifs is 1. The van der Waals surface area contributed by atoms with E-state index in [2.05, 4.69) is 6.07 Å². The number of aryl methyl sites for hydroxylation is 4. The van der Waals surface area contributed by atoms with E-state index in [0.29, 0.717) is 16.9 Å². The van der Waals surface area contributed by atoms with E-state index in [1.807, 2.05) is 62.4 Å². The molecule has 31 heavy (non-hydrogen) atoms. The van der Waals surface area contributed by atoms with Crippen LogP contribution >= 0.6 is 0 Å². The second kappa shape index (κ2) is 9.17. The van der Waals surface area contributed by atoms with Crippen molar-refractivity contribution in [3.63, 3.8) is 0 Å². The van der Waals surface area contributed by atoms with Crippen molar-refractivity contribution >= 4 is 11.8 Å². The summed E-state index contributed by atoms with van der Waals surface area (Å²) in [4.78, 5) is 25.8. The Kier molecular flexibility index (Phi) is 6.17. The minimum absolute atomic E-state index is 0.248. The maximum atomic E-state index is 13.2. The number of ketones is 1. The van der Waals surface area contributed by atoms with Crippen LogP contribution in [0.2, 0.25) is 0 Å². The number of Topliss-reactive ketones (excluding diaryl/α,β-unsaturated/α-hetero) is 1. The van der Waals surface area contributed by atoms with Crippen LogP contribution in [-0.2, 0) is 22.4 Å². The van der Waals surface area contributed by atoms with Gasteiger partial charge in [0.1, 0.15) is 5.75 Å². The Morgan fingerprint density at radius 1 is 0.839 bits per heavy atom. The fraction of sp³-hybridized carbons (Fsp3) is 0.259. The standard InChI is InChI=1S/C27H26O4/c1-18-6-10-21(11-7-18)26(29)27(22-12-8-19(2)9-13-22)31-25(28)17-30-24-15-14-20-4-3-5-23(20)16-24/h6-16,27H,3-5,17H2,1-2H3/t27-/m1/s1. The second-order valence-electron chi connectivity index (χ2n) is 8.08. The minimum atomic E-state index is -1.01. The topological polar surface area (TPSA) is 52.6 Å². The largest absolute Gasteiger partial charge is 0.482 e. The lowest BCUT2D eigenvalue weighted by molar-refractivity contribution is -0.149. The number of esters is 1. The van der Waals surface area contributed by atoms with E-state index in [1.54, 1.807) is 12.1 Å². The third kappa shape index (κ3) is 5.02. The summed E-state index contributed by atoms with van der Waals surface area (Å²) < 4.78 is 11.3. The Balaban J connectivity index is 1.48. The van der Waals surface area contributed by atoms with Gasteiger partial charge in [0.05, 0.1) is 0 Å². The van der Waals surface area contributed by atoms with Gasteiger partial charge in [0, 0.05) is 11.1 Å². The van der Waals surface area contributed by atoms with Gasteiger partial charge in [0.2, 0.25) is 5.78 Å². The molecule has 0 aliphatic heterocycles. The molecular formula is C27H26O4. The maximum absolute atomic E-state index is 13.2. The van der Waals surface area contributed by atoms with Crippen molar-refractivity contribution in [3.05, 3.63) is 100 Å². The molecule has 0 bridgehead atoms. The van der Waals surface area contributed by atoms with Gasteiger partial charge in [-0.25, -0.2) is 4.79 Å². The molecule has 0 saturated carbocycles. The van der Waals surface area contributed by atoms with Crippen molar-refractivity contribution in [1.82, 2.24) is 0 Å². The summed E-state index contributed by atoms with van der Waals surface area (Å²) in [5.41, 5.74) is 5.89. The Bertz CT molecular complexity index is 1080. The monoisotopic (exact) mass is 414 g/mol. The van der Waals surface area contributed by atoms with Crippen LogP contribution in [0.5, 0.6) is 5.75 Å². The fourth-order valence-electron chi connectivity index (χ4n) is 3.83. The first-order valence-corrected chi connectivity index (χ1v) is 10.6. The molecule has 0 fully saturated rings. The Labute approximate surface area is 182 Å². The third-order valence-corrected chi connectivity index (χ3v) is 5.63.